The fraction of sp³-hybridized carbons (Fsp3) is 0.105. The number of aromatic nitrogens is 2. The van der Waals surface area contributed by atoms with E-state index >= 15 is 0 Å². The highest BCUT2D eigenvalue weighted by atomic mass is 35.5. The third-order valence-corrected chi connectivity index (χ3v) is 4.51. The molecule has 25 heavy (non-hydrogen) atoms. The zero-order chi connectivity index (χ0) is 17.6. The molecule has 3 aromatic rings. The molecule has 2 N–H and O–H groups in total. The second-order valence-electron chi connectivity index (χ2n) is 5.69. The summed E-state index contributed by atoms with van der Waals surface area (Å²) in [5.74, 6) is 2.04. The number of hydrogen-bond acceptors (Lipinski definition) is 4. The lowest BCUT2D eigenvalue weighted by atomic mass is 10.1. The monoisotopic (exact) mass is 353 g/mol. The summed E-state index contributed by atoms with van der Waals surface area (Å²) in [6.45, 7) is 4.24. The molecule has 126 valence electrons. The summed E-state index contributed by atoms with van der Waals surface area (Å²) in [7, 11) is 3.24. The number of rotatable bonds is 4. The van der Waals surface area contributed by atoms with E-state index in [1.165, 1.54) is 0 Å². The van der Waals surface area contributed by atoms with Crippen molar-refractivity contribution in [3.05, 3.63) is 59.1 Å². The Kier molecular flexibility index (Phi) is 3.66. The normalized spacial score (nSPS) is 11.9. The molecule has 1 aromatic heterocycles. The lowest BCUT2D eigenvalue weighted by molar-refractivity contribution is 0.355. The molecule has 0 amide bonds. The lowest BCUT2D eigenvalue weighted by Gasteiger charge is -2.11. The van der Waals surface area contributed by atoms with Crippen LogP contribution in [0.5, 0.6) is 11.5 Å². The molecular weight excluding hydrogens is 338 g/mol. The van der Waals surface area contributed by atoms with Gasteiger partial charge in [0.15, 0.2) is 17.3 Å². The summed E-state index contributed by atoms with van der Waals surface area (Å²) in [4.78, 5) is 0. The summed E-state index contributed by atoms with van der Waals surface area (Å²) in [6, 6.07) is 11.4. The maximum absolute atomic E-state index is 6.06. The Balaban J connectivity index is 1.79. The van der Waals surface area contributed by atoms with Crippen LogP contribution in [0.3, 0.4) is 0 Å². The van der Waals surface area contributed by atoms with Crippen molar-refractivity contribution >= 4 is 28.7 Å². The average Bonchev–Trinajstić information content (AvgIpc) is 3.14. The molecular formula is C19H16ClN3O2. The second-order valence-corrected chi connectivity index (χ2v) is 6.13. The van der Waals surface area contributed by atoms with E-state index in [2.05, 4.69) is 22.1 Å². The summed E-state index contributed by atoms with van der Waals surface area (Å²) in [5, 5.41) is 11.5. The second kappa shape index (κ2) is 5.86. The molecule has 0 bridgehead atoms. The predicted octanol–water partition coefficient (Wildman–Crippen LogP) is 4.87. The summed E-state index contributed by atoms with van der Waals surface area (Å²) >= 11 is 6.06. The average molecular weight is 354 g/mol. The number of fused-ring (bicyclic) bond motifs is 3. The third kappa shape index (κ3) is 2.44. The molecule has 2 aromatic carbocycles. The van der Waals surface area contributed by atoms with Gasteiger partial charge in [0.1, 0.15) is 0 Å². The van der Waals surface area contributed by atoms with Crippen LogP contribution >= 0.6 is 11.6 Å². The molecule has 0 aliphatic heterocycles. The van der Waals surface area contributed by atoms with E-state index in [9.17, 15) is 0 Å². The molecule has 0 saturated carbocycles. The maximum atomic E-state index is 6.06. The van der Waals surface area contributed by atoms with Gasteiger partial charge in [-0.2, -0.15) is 5.10 Å². The van der Waals surface area contributed by atoms with Gasteiger partial charge >= 0.3 is 0 Å². The Labute approximate surface area is 150 Å². The maximum Gasteiger partial charge on any atom is 0.161 e. The largest absolute Gasteiger partial charge is 0.493 e. The Bertz CT molecular complexity index is 994. The van der Waals surface area contributed by atoms with Crippen LogP contribution in [-0.4, -0.2) is 24.4 Å². The van der Waals surface area contributed by atoms with E-state index in [1.807, 2.05) is 36.4 Å². The SMILES string of the molecule is C=C1c2cc(OC)c(OC)cc2-c2[nH]nc(Nc3cccc(Cl)c3)c21. The molecule has 5 nitrogen and oxygen atoms in total. The topological polar surface area (TPSA) is 59.2 Å². The number of methoxy groups -OCH3 is 2. The van der Waals surface area contributed by atoms with Gasteiger partial charge in [-0.25, -0.2) is 0 Å². The van der Waals surface area contributed by atoms with Gasteiger partial charge in [-0.3, -0.25) is 5.10 Å². The molecule has 1 aliphatic rings. The van der Waals surface area contributed by atoms with Crippen LogP contribution in [0, 0.1) is 0 Å². The minimum absolute atomic E-state index is 0.661. The van der Waals surface area contributed by atoms with Crippen molar-refractivity contribution in [1.82, 2.24) is 10.2 Å². The van der Waals surface area contributed by atoms with Crippen LogP contribution in [0.2, 0.25) is 5.02 Å². The van der Waals surface area contributed by atoms with E-state index in [-0.39, 0.29) is 0 Å². The number of hydrogen-bond donors (Lipinski definition) is 2. The molecule has 0 atom stereocenters. The molecule has 1 heterocycles. The van der Waals surface area contributed by atoms with Crippen molar-refractivity contribution in [2.24, 2.45) is 0 Å². The number of nitrogens with one attached hydrogen (secondary N) is 2. The van der Waals surface area contributed by atoms with E-state index in [1.54, 1.807) is 14.2 Å². The first-order valence-corrected chi connectivity index (χ1v) is 8.07. The number of aromatic amines is 1. The number of benzene rings is 2. The van der Waals surface area contributed by atoms with Gasteiger partial charge in [0, 0.05) is 16.3 Å². The van der Waals surface area contributed by atoms with Crippen LogP contribution in [-0.2, 0) is 0 Å². The minimum Gasteiger partial charge on any atom is -0.493 e. The van der Waals surface area contributed by atoms with Crippen molar-refractivity contribution in [1.29, 1.82) is 0 Å². The number of H-pyrrole nitrogens is 1. The molecule has 1 aliphatic carbocycles. The molecule has 4 rings (SSSR count). The Hall–Kier alpha value is -2.92. The highest BCUT2D eigenvalue weighted by Crippen LogP contribution is 2.49. The minimum atomic E-state index is 0.661. The Morgan fingerprint density at radius 3 is 2.48 bits per heavy atom. The molecule has 0 radical (unpaired) electrons. The molecule has 0 spiro atoms. The summed E-state index contributed by atoms with van der Waals surface area (Å²) in [5.41, 5.74) is 5.57. The van der Waals surface area contributed by atoms with E-state index < -0.39 is 0 Å². The van der Waals surface area contributed by atoms with Crippen LogP contribution < -0.4 is 14.8 Å². The van der Waals surface area contributed by atoms with Crippen LogP contribution in [0.15, 0.2) is 43.0 Å². The first-order valence-electron chi connectivity index (χ1n) is 7.69. The van der Waals surface area contributed by atoms with Crippen LogP contribution in [0.25, 0.3) is 16.8 Å². The van der Waals surface area contributed by atoms with Crippen LogP contribution in [0.4, 0.5) is 11.5 Å². The Morgan fingerprint density at radius 1 is 1.08 bits per heavy atom. The van der Waals surface area contributed by atoms with Gasteiger partial charge in [-0.05, 0) is 41.5 Å². The van der Waals surface area contributed by atoms with Crippen molar-refractivity contribution in [2.45, 2.75) is 0 Å². The molecule has 6 heteroatoms. The van der Waals surface area contributed by atoms with E-state index in [0.717, 1.165) is 33.6 Å². The summed E-state index contributed by atoms with van der Waals surface area (Å²) in [6.07, 6.45) is 0. The van der Waals surface area contributed by atoms with Gasteiger partial charge in [-0.15, -0.1) is 0 Å². The fourth-order valence-corrected chi connectivity index (χ4v) is 3.28. The van der Waals surface area contributed by atoms with Crippen LogP contribution in [0.1, 0.15) is 11.1 Å². The molecule has 0 fully saturated rings. The summed E-state index contributed by atoms with van der Waals surface area (Å²) < 4.78 is 10.8. The standard InChI is InChI=1S/C19H16ClN3O2/c1-10-13-8-15(24-2)16(25-3)9-14(13)18-17(10)19(23-22-18)21-12-6-4-5-11(20)7-12/h4-9H,1H2,2-3H3,(H2,21,22,23). The highest BCUT2D eigenvalue weighted by molar-refractivity contribution is 6.30. The van der Waals surface area contributed by atoms with Crippen molar-refractivity contribution in [3.63, 3.8) is 0 Å². The zero-order valence-electron chi connectivity index (χ0n) is 13.8. The van der Waals surface area contributed by atoms with Gasteiger partial charge in [0.25, 0.3) is 0 Å². The third-order valence-electron chi connectivity index (χ3n) is 4.27. The first-order chi connectivity index (χ1) is 12.1. The molecule has 0 saturated heterocycles. The fourth-order valence-electron chi connectivity index (χ4n) is 3.09. The van der Waals surface area contributed by atoms with Crippen molar-refractivity contribution in [2.75, 3.05) is 19.5 Å². The van der Waals surface area contributed by atoms with Gasteiger partial charge in [0.05, 0.1) is 25.5 Å². The highest BCUT2D eigenvalue weighted by Gasteiger charge is 2.30. The van der Waals surface area contributed by atoms with Crippen molar-refractivity contribution < 1.29 is 9.47 Å². The predicted molar refractivity (Wildman–Crippen MR) is 100.0 cm³/mol. The smallest absolute Gasteiger partial charge is 0.161 e. The Morgan fingerprint density at radius 2 is 1.80 bits per heavy atom. The van der Waals surface area contributed by atoms with Gasteiger partial charge in [0.2, 0.25) is 0 Å². The van der Waals surface area contributed by atoms with E-state index in [0.29, 0.717) is 22.3 Å². The molecule has 0 unspecified atom stereocenters. The number of anilines is 2. The van der Waals surface area contributed by atoms with Gasteiger partial charge in [-0.1, -0.05) is 24.2 Å². The first kappa shape index (κ1) is 15.6. The lowest BCUT2D eigenvalue weighted by Crippen LogP contribution is -1.95. The van der Waals surface area contributed by atoms with Crippen molar-refractivity contribution in [3.8, 4) is 22.8 Å². The zero-order valence-corrected chi connectivity index (χ0v) is 14.6. The number of ether oxygens (including phenoxy) is 2. The number of halogens is 1. The van der Waals surface area contributed by atoms with Gasteiger partial charge < -0.3 is 14.8 Å². The van der Waals surface area contributed by atoms with E-state index in [4.69, 9.17) is 21.1 Å². The quantitative estimate of drug-likeness (QED) is 0.549. The number of nitrogens with zero attached hydrogens (tertiary/aromatic N) is 1.